The first-order chi connectivity index (χ1) is 12.6. The van der Waals surface area contributed by atoms with Crippen LogP contribution in [0.5, 0.6) is 0 Å². The van der Waals surface area contributed by atoms with E-state index < -0.39 is 25.9 Å². The lowest BCUT2D eigenvalue weighted by molar-refractivity contribution is 0.477. The Kier molecular flexibility index (Phi) is 5.69. The summed E-state index contributed by atoms with van der Waals surface area (Å²) >= 11 is 11.7. The molecule has 1 fully saturated rings. The summed E-state index contributed by atoms with van der Waals surface area (Å²) < 4.78 is 67.3. The van der Waals surface area contributed by atoms with E-state index in [1.165, 1.54) is 22.5 Å². The van der Waals surface area contributed by atoms with Crippen LogP contribution in [0.1, 0.15) is 12.8 Å². The van der Waals surface area contributed by atoms with E-state index in [1.54, 1.807) is 0 Å². The number of hydrogen-bond donors (Lipinski definition) is 1. The summed E-state index contributed by atoms with van der Waals surface area (Å²) in [5, 5.41) is -0.346. The molecule has 11 heteroatoms. The van der Waals surface area contributed by atoms with E-state index in [9.17, 15) is 21.2 Å². The first kappa shape index (κ1) is 20.3. The minimum Gasteiger partial charge on any atom is -0.280 e. The zero-order valence-electron chi connectivity index (χ0n) is 13.8. The summed E-state index contributed by atoms with van der Waals surface area (Å²) in [5.74, 6) is -0.749. The van der Waals surface area contributed by atoms with Gasteiger partial charge in [-0.05, 0) is 49.2 Å². The van der Waals surface area contributed by atoms with E-state index in [1.807, 2.05) is 0 Å². The predicted molar refractivity (Wildman–Crippen MR) is 102 cm³/mol. The van der Waals surface area contributed by atoms with Crippen LogP contribution in [0, 0.1) is 5.82 Å². The minimum atomic E-state index is -4.10. The van der Waals surface area contributed by atoms with Crippen LogP contribution in [0.4, 0.5) is 10.1 Å². The molecule has 1 saturated heterocycles. The monoisotopic (exact) mass is 452 g/mol. The smallest absolute Gasteiger partial charge is 0.261 e. The van der Waals surface area contributed by atoms with Gasteiger partial charge in [0.15, 0.2) is 0 Å². The van der Waals surface area contributed by atoms with Crippen LogP contribution >= 0.6 is 23.2 Å². The van der Waals surface area contributed by atoms with Crippen LogP contribution in [0.15, 0.2) is 46.2 Å². The van der Waals surface area contributed by atoms with E-state index in [2.05, 4.69) is 4.72 Å². The van der Waals surface area contributed by atoms with Gasteiger partial charge in [0.1, 0.15) is 10.7 Å². The molecule has 3 rings (SSSR count). The Morgan fingerprint density at radius 3 is 2.22 bits per heavy atom. The predicted octanol–water partition coefficient (Wildman–Crippen LogP) is 3.72. The molecule has 2 aromatic carbocycles. The van der Waals surface area contributed by atoms with Crippen molar-refractivity contribution < 1.29 is 21.2 Å². The average molecular weight is 453 g/mol. The normalized spacial score (nSPS) is 15.8. The molecule has 146 valence electrons. The lowest BCUT2D eigenvalue weighted by Gasteiger charge is -2.17. The first-order valence-corrected chi connectivity index (χ1v) is 11.6. The average Bonchev–Trinajstić information content (AvgIpc) is 3.14. The third-order valence-electron chi connectivity index (χ3n) is 4.07. The first-order valence-electron chi connectivity index (χ1n) is 7.89. The lowest BCUT2D eigenvalue weighted by atomic mass is 10.3. The van der Waals surface area contributed by atoms with Crippen LogP contribution < -0.4 is 4.72 Å². The van der Waals surface area contributed by atoms with Crippen molar-refractivity contribution in [3.05, 3.63) is 52.3 Å². The van der Waals surface area contributed by atoms with Crippen molar-refractivity contribution in [2.45, 2.75) is 22.6 Å². The Balaban J connectivity index is 1.95. The molecule has 1 heterocycles. The van der Waals surface area contributed by atoms with Crippen molar-refractivity contribution in [2.24, 2.45) is 0 Å². The molecule has 0 unspecified atom stereocenters. The molecule has 0 saturated carbocycles. The van der Waals surface area contributed by atoms with E-state index in [-0.39, 0.29) is 25.5 Å². The Labute approximate surface area is 167 Å². The highest BCUT2D eigenvalue weighted by Gasteiger charge is 2.29. The van der Waals surface area contributed by atoms with Crippen molar-refractivity contribution in [3.8, 4) is 0 Å². The number of halogens is 3. The Morgan fingerprint density at radius 2 is 1.59 bits per heavy atom. The molecule has 0 amide bonds. The van der Waals surface area contributed by atoms with Crippen LogP contribution in [-0.4, -0.2) is 34.2 Å². The van der Waals surface area contributed by atoms with Gasteiger partial charge in [-0.15, -0.1) is 0 Å². The van der Waals surface area contributed by atoms with Crippen molar-refractivity contribution in [1.29, 1.82) is 0 Å². The fraction of sp³-hybridized carbons (Fsp3) is 0.250. The maximum Gasteiger partial charge on any atom is 0.261 e. The maximum absolute atomic E-state index is 13.3. The molecule has 2 aromatic rings. The van der Waals surface area contributed by atoms with Crippen molar-refractivity contribution >= 4 is 48.9 Å². The molecule has 6 nitrogen and oxygen atoms in total. The molecule has 0 aromatic heterocycles. The van der Waals surface area contributed by atoms with Gasteiger partial charge in [-0.1, -0.05) is 23.2 Å². The number of nitrogens with zero attached hydrogens (tertiary/aromatic N) is 1. The van der Waals surface area contributed by atoms with Crippen LogP contribution in [-0.2, 0) is 20.0 Å². The summed E-state index contributed by atoms with van der Waals surface area (Å²) in [6, 6.07) is 6.77. The highest BCUT2D eigenvalue weighted by molar-refractivity contribution is 7.92. The van der Waals surface area contributed by atoms with Crippen LogP contribution in [0.3, 0.4) is 0 Å². The summed E-state index contributed by atoms with van der Waals surface area (Å²) in [6.45, 7) is 0.783. The van der Waals surface area contributed by atoms with Gasteiger partial charge in [0, 0.05) is 13.1 Å². The molecule has 1 N–H and O–H groups in total. The molecule has 1 aliphatic heterocycles. The van der Waals surface area contributed by atoms with E-state index in [0.29, 0.717) is 13.1 Å². The number of hydrogen-bond acceptors (Lipinski definition) is 4. The molecule has 1 aliphatic rings. The molecular weight excluding hydrogens is 438 g/mol. The highest BCUT2D eigenvalue weighted by Crippen LogP contribution is 2.30. The molecule has 0 atom stereocenters. The summed E-state index contributed by atoms with van der Waals surface area (Å²) in [5.41, 5.74) is 0.0117. The molecule has 0 aliphatic carbocycles. The zero-order valence-corrected chi connectivity index (χ0v) is 17.0. The standard InChI is InChI=1S/C16H15Cl2FN2O4S2/c17-13-5-3-11(9-16(13)27(24,25)21-7-1-2-8-21)20-26(22,23)12-4-6-15(19)14(18)10-12/h3-6,9-10,20H,1-2,7-8H2. The molecule has 0 spiro atoms. The third-order valence-corrected chi connectivity index (χ3v) is 8.12. The SMILES string of the molecule is O=S(=O)(Nc1ccc(Cl)c(S(=O)(=O)N2CCCC2)c1)c1ccc(F)c(Cl)c1. The van der Waals surface area contributed by atoms with Crippen molar-refractivity contribution in [2.75, 3.05) is 17.8 Å². The fourth-order valence-electron chi connectivity index (χ4n) is 2.69. The highest BCUT2D eigenvalue weighted by atomic mass is 35.5. The van der Waals surface area contributed by atoms with E-state index in [4.69, 9.17) is 23.2 Å². The fourth-order valence-corrected chi connectivity index (χ4v) is 6.03. The van der Waals surface area contributed by atoms with E-state index in [0.717, 1.165) is 31.0 Å². The van der Waals surface area contributed by atoms with Gasteiger partial charge in [-0.25, -0.2) is 21.2 Å². The van der Waals surface area contributed by atoms with Crippen LogP contribution in [0.25, 0.3) is 0 Å². The second-order valence-corrected chi connectivity index (χ2v) is 10.3. The van der Waals surface area contributed by atoms with Gasteiger partial charge in [0.25, 0.3) is 10.0 Å². The van der Waals surface area contributed by atoms with Gasteiger partial charge >= 0.3 is 0 Å². The number of anilines is 1. The van der Waals surface area contributed by atoms with Crippen LogP contribution in [0.2, 0.25) is 10.0 Å². The molecule has 27 heavy (non-hydrogen) atoms. The molecule has 0 bridgehead atoms. The lowest BCUT2D eigenvalue weighted by Crippen LogP contribution is -2.28. The second-order valence-electron chi connectivity index (χ2n) is 5.94. The van der Waals surface area contributed by atoms with E-state index >= 15 is 0 Å². The number of rotatable bonds is 5. The Bertz CT molecular complexity index is 1090. The van der Waals surface area contributed by atoms with Gasteiger partial charge < -0.3 is 0 Å². The number of sulfonamides is 2. The van der Waals surface area contributed by atoms with Gasteiger partial charge in [0.05, 0.1) is 20.6 Å². The third kappa shape index (κ3) is 4.22. The van der Waals surface area contributed by atoms with Gasteiger partial charge in [0.2, 0.25) is 10.0 Å². The topological polar surface area (TPSA) is 83.5 Å². The summed E-state index contributed by atoms with van der Waals surface area (Å²) in [7, 11) is -7.93. The van der Waals surface area contributed by atoms with Crippen molar-refractivity contribution in [1.82, 2.24) is 4.31 Å². The zero-order chi connectivity index (χ0) is 19.8. The quantitative estimate of drug-likeness (QED) is 0.748. The van der Waals surface area contributed by atoms with Gasteiger partial charge in [-0.3, -0.25) is 4.72 Å². The Hall–Kier alpha value is -1.39. The van der Waals surface area contributed by atoms with Gasteiger partial charge in [-0.2, -0.15) is 4.31 Å². The number of nitrogens with one attached hydrogen (secondary N) is 1. The minimum absolute atomic E-state index is 0.00493. The summed E-state index contributed by atoms with van der Waals surface area (Å²) in [4.78, 5) is -0.434. The molecular formula is C16H15Cl2FN2O4S2. The number of benzene rings is 2. The second kappa shape index (κ2) is 7.56. The van der Waals surface area contributed by atoms with Crippen molar-refractivity contribution in [3.63, 3.8) is 0 Å². The summed E-state index contributed by atoms with van der Waals surface area (Å²) in [6.07, 6.45) is 1.52. The maximum atomic E-state index is 13.3. The Morgan fingerprint density at radius 1 is 0.926 bits per heavy atom. The molecule has 0 radical (unpaired) electrons. The largest absolute Gasteiger partial charge is 0.280 e.